The van der Waals surface area contributed by atoms with Crippen LogP contribution in [-0.4, -0.2) is 24.0 Å². The number of halogens is 5. The van der Waals surface area contributed by atoms with Crippen LogP contribution in [0.5, 0.6) is 0 Å². The van der Waals surface area contributed by atoms with Gasteiger partial charge < -0.3 is 10.6 Å². The van der Waals surface area contributed by atoms with Gasteiger partial charge in [-0.2, -0.15) is 13.2 Å². The quantitative estimate of drug-likeness (QED) is 0.498. The predicted octanol–water partition coefficient (Wildman–Crippen LogP) is 4.37. The first-order valence-electron chi connectivity index (χ1n) is 8.19. The number of nitrogens with one attached hydrogen (secondary N) is 2. The topological polar surface area (TPSA) is 54.0 Å². The minimum absolute atomic E-state index is 0.0387. The molecule has 0 aliphatic carbocycles. The van der Waals surface area contributed by atoms with Gasteiger partial charge in [0.05, 0.1) is 11.1 Å². The molecular weight excluding hydrogens is 381 g/mol. The Morgan fingerprint density at radius 1 is 1.00 bits per heavy atom. The van der Waals surface area contributed by atoms with E-state index in [-0.39, 0.29) is 18.6 Å². The Bertz CT molecular complexity index is 1000. The number of fused-ring (bicyclic) bond motifs is 1. The Kier molecular flexibility index (Phi) is 5.43. The summed E-state index contributed by atoms with van der Waals surface area (Å²) in [5.41, 5.74) is -0.789. The van der Waals surface area contributed by atoms with Crippen LogP contribution in [0.3, 0.4) is 0 Å². The average molecular weight is 395 g/mol. The van der Waals surface area contributed by atoms with E-state index in [2.05, 4.69) is 15.6 Å². The first kappa shape index (κ1) is 19.5. The number of benzene rings is 2. The lowest BCUT2D eigenvalue weighted by Gasteiger charge is -2.12. The van der Waals surface area contributed by atoms with Crippen molar-refractivity contribution in [3.8, 4) is 0 Å². The molecule has 1 amide bonds. The summed E-state index contributed by atoms with van der Waals surface area (Å²) in [6.07, 6.45) is -3.11. The number of hydrogen-bond acceptors (Lipinski definition) is 3. The van der Waals surface area contributed by atoms with E-state index in [9.17, 15) is 26.7 Å². The third-order valence-corrected chi connectivity index (χ3v) is 3.99. The zero-order valence-electron chi connectivity index (χ0n) is 14.3. The third kappa shape index (κ3) is 4.19. The number of nitrogens with zero attached hydrogens (tertiary/aromatic N) is 1. The molecule has 4 nitrogen and oxygen atoms in total. The van der Waals surface area contributed by atoms with Crippen LogP contribution in [0.15, 0.2) is 48.7 Å². The van der Waals surface area contributed by atoms with Crippen molar-refractivity contribution in [1.29, 1.82) is 0 Å². The molecule has 0 aliphatic rings. The van der Waals surface area contributed by atoms with Gasteiger partial charge in [-0.05, 0) is 30.3 Å². The van der Waals surface area contributed by atoms with Gasteiger partial charge in [0.25, 0.3) is 5.91 Å². The summed E-state index contributed by atoms with van der Waals surface area (Å²) >= 11 is 0. The van der Waals surface area contributed by atoms with Crippen LogP contribution in [-0.2, 0) is 6.18 Å². The molecule has 0 aliphatic heterocycles. The fraction of sp³-hybridized carbons (Fsp3) is 0.158. The summed E-state index contributed by atoms with van der Waals surface area (Å²) in [6.45, 7) is 0.221. The zero-order valence-corrected chi connectivity index (χ0v) is 14.3. The second kappa shape index (κ2) is 7.79. The minimum Gasteiger partial charge on any atom is -0.383 e. The maximum absolute atomic E-state index is 13.6. The second-order valence-corrected chi connectivity index (χ2v) is 5.87. The summed E-state index contributed by atoms with van der Waals surface area (Å²) in [4.78, 5) is 15.8. The molecule has 0 fully saturated rings. The molecule has 0 saturated carbocycles. The van der Waals surface area contributed by atoms with E-state index in [1.807, 2.05) is 0 Å². The molecule has 1 aromatic heterocycles. The number of amides is 1. The summed E-state index contributed by atoms with van der Waals surface area (Å²) in [5.74, 6) is -2.83. The first-order chi connectivity index (χ1) is 13.3. The molecule has 3 rings (SSSR count). The fourth-order valence-electron chi connectivity index (χ4n) is 2.65. The van der Waals surface area contributed by atoms with Crippen molar-refractivity contribution >= 4 is 22.5 Å². The molecule has 3 aromatic rings. The SMILES string of the molecule is O=C(NCCNc1ccnc2cc(C(F)(F)F)ccc12)c1c(F)cccc1F. The molecule has 0 bridgehead atoms. The molecule has 0 radical (unpaired) electrons. The molecule has 146 valence electrons. The van der Waals surface area contributed by atoms with Crippen molar-refractivity contribution in [2.24, 2.45) is 0 Å². The second-order valence-electron chi connectivity index (χ2n) is 5.87. The Morgan fingerprint density at radius 3 is 2.39 bits per heavy atom. The molecule has 9 heteroatoms. The van der Waals surface area contributed by atoms with Crippen LogP contribution in [0.2, 0.25) is 0 Å². The Morgan fingerprint density at radius 2 is 1.71 bits per heavy atom. The number of hydrogen-bond donors (Lipinski definition) is 2. The summed E-state index contributed by atoms with van der Waals surface area (Å²) in [7, 11) is 0. The number of anilines is 1. The molecular formula is C19H14F5N3O. The van der Waals surface area contributed by atoms with Gasteiger partial charge in [-0.25, -0.2) is 8.78 Å². The van der Waals surface area contributed by atoms with Crippen molar-refractivity contribution in [2.45, 2.75) is 6.18 Å². The van der Waals surface area contributed by atoms with Gasteiger partial charge in [0, 0.05) is 30.4 Å². The van der Waals surface area contributed by atoms with Crippen LogP contribution in [0.25, 0.3) is 10.9 Å². The lowest BCUT2D eigenvalue weighted by atomic mass is 10.1. The highest BCUT2D eigenvalue weighted by Crippen LogP contribution is 2.32. The highest BCUT2D eigenvalue weighted by atomic mass is 19.4. The Hall–Kier alpha value is -3.23. The largest absolute Gasteiger partial charge is 0.416 e. The van der Waals surface area contributed by atoms with Gasteiger partial charge >= 0.3 is 6.18 Å². The summed E-state index contributed by atoms with van der Waals surface area (Å²) < 4.78 is 65.5. The first-order valence-corrected chi connectivity index (χ1v) is 8.19. The van der Waals surface area contributed by atoms with Gasteiger partial charge in [0.1, 0.15) is 17.2 Å². The molecule has 0 atom stereocenters. The van der Waals surface area contributed by atoms with E-state index in [1.165, 1.54) is 12.3 Å². The maximum Gasteiger partial charge on any atom is 0.416 e. The number of carbonyl (C=O) groups excluding carboxylic acids is 1. The average Bonchev–Trinajstić information content (AvgIpc) is 2.64. The van der Waals surface area contributed by atoms with Crippen LogP contribution in [0.4, 0.5) is 27.6 Å². The van der Waals surface area contributed by atoms with Crippen LogP contribution >= 0.6 is 0 Å². The van der Waals surface area contributed by atoms with Crippen molar-refractivity contribution in [1.82, 2.24) is 10.3 Å². The van der Waals surface area contributed by atoms with Crippen LogP contribution in [0, 0.1) is 11.6 Å². The Labute approximate surface area is 156 Å². The molecule has 2 aromatic carbocycles. The summed E-state index contributed by atoms with van der Waals surface area (Å²) in [6, 6.07) is 7.90. The van der Waals surface area contributed by atoms with E-state index in [0.29, 0.717) is 11.1 Å². The number of rotatable bonds is 5. The van der Waals surface area contributed by atoms with E-state index in [0.717, 1.165) is 30.3 Å². The van der Waals surface area contributed by atoms with Crippen molar-refractivity contribution in [3.63, 3.8) is 0 Å². The summed E-state index contributed by atoms with van der Waals surface area (Å²) in [5, 5.41) is 5.81. The van der Waals surface area contributed by atoms with Crippen molar-refractivity contribution < 1.29 is 26.7 Å². The monoisotopic (exact) mass is 395 g/mol. The van der Waals surface area contributed by atoms with Gasteiger partial charge in [-0.1, -0.05) is 12.1 Å². The number of alkyl halides is 3. The van der Waals surface area contributed by atoms with Crippen LogP contribution < -0.4 is 10.6 Å². The predicted molar refractivity (Wildman–Crippen MR) is 93.9 cm³/mol. The van der Waals surface area contributed by atoms with E-state index < -0.39 is 34.8 Å². The lowest BCUT2D eigenvalue weighted by Crippen LogP contribution is -2.30. The van der Waals surface area contributed by atoms with E-state index in [4.69, 9.17) is 0 Å². The zero-order chi connectivity index (χ0) is 20.3. The fourth-order valence-corrected chi connectivity index (χ4v) is 2.65. The smallest absolute Gasteiger partial charge is 0.383 e. The van der Waals surface area contributed by atoms with Gasteiger partial charge in [0.15, 0.2) is 0 Å². The standard InChI is InChI=1S/C19H14F5N3O/c20-13-2-1-3-14(21)17(13)18(28)27-9-8-26-15-6-7-25-16-10-11(19(22,23)24)4-5-12(15)16/h1-7,10H,8-9H2,(H,25,26)(H,27,28). The Balaban J connectivity index is 1.65. The maximum atomic E-state index is 13.6. The minimum atomic E-state index is -4.47. The van der Waals surface area contributed by atoms with Crippen LogP contribution in [0.1, 0.15) is 15.9 Å². The van der Waals surface area contributed by atoms with Gasteiger partial charge in [-0.3, -0.25) is 9.78 Å². The molecule has 0 saturated heterocycles. The van der Waals surface area contributed by atoms with E-state index in [1.54, 1.807) is 6.07 Å². The van der Waals surface area contributed by atoms with Crippen molar-refractivity contribution in [2.75, 3.05) is 18.4 Å². The number of aromatic nitrogens is 1. The third-order valence-electron chi connectivity index (χ3n) is 3.99. The van der Waals surface area contributed by atoms with Crippen molar-refractivity contribution in [3.05, 3.63) is 71.4 Å². The number of carbonyl (C=O) groups is 1. The highest BCUT2D eigenvalue weighted by Gasteiger charge is 2.30. The molecule has 0 unspecified atom stereocenters. The normalized spacial score (nSPS) is 11.5. The molecule has 0 spiro atoms. The van der Waals surface area contributed by atoms with Gasteiger partial charge in [-0.15, -0.1) is 0 Å². The lowest BCUT2D eigenvalue weighted by molar-refractivity contribution is -0.137. The van der Waals surface area contributed by atoms with Gasteiger partial charge in [0.2, 0.25) is 0 Å². The molecule has 1 heterocycles. The number of pyridine rings is 1. The molecule has 28 heavy (non-hydrogen) atoms. The van der Waals surface area contributed by atoms with E-state index >= 15 is 0 Å². The highest BCUT2D eigenvalue weighted by molar-refractivity contribution is 5.95. The molecule has 2 N–H and O–H groups in total.